The molecule has 6 heteroatoms. The number of piperazine rings is 1. The molecule has 1 aliphatic rings. The highest BCUT2D eigenvalue weighted by Crippen LogP contribution is 2.22. The summed E-state index contributed by atoms with van der Waals surface area (Å²) >= 11 is 3.42. The minimum Gasteiger partial charge on any atom is -0.368 e. The van der Waals surface area contributed by atoms with Gasteiger partial charge in [0.1, 0.15) is 5.69 Å². The van der Waals surface area contributed by atoms with Crippen LogP contribution in [0.1, 0.15) is 10.5 Å². The standard InChI is InChI=1S/C17H19BrN4O/c1-21-8-10-22(11-9-21)13-6-7-16(19-12-13)17(23)20-15-5-3-2-4-14(15)18/h2-7,12H,8-11H2,1H3,(H,20,23). The minimum absolute atomic E-state index is 0.207. The van der Waals surface area contributed by atoms with Gasteiger partial charge in [0.15, 0.2) is 0 Å². The summed E-state index contributed by atoms with van der Waals surface area (Å²) in [5, 5.41) is 2.86. The fraction of sp³-hybridized carbons (Fsp3) is 0.294. The number of hydrogen-bond donors (Lipinski definition) is 1. The van der Waals surface area contributed by atoms with E-state index in [1.54, 1.807) is 12.3 Å². The average Bonchev–Trinajstić information content (AvgIpc) is 2.58. The fourth-order valence-electron chi connectivity index (χ4n) is 2.52. The first-order chi connectivity index (χ1) is 11.1. The second-order valence-electron chi connectivity index (χ2n) is 5.63. The van der Waals surface area contributed by atoms with Gasteiger partial charge in [-0.25, -0.2) is 4.98 Å². The summed E-state index contributed by atoms with van der Waals surface area (Å²) in [5.41, 5.74) is 2.22. The van der Waals surface area contributed by atoms with Crippen LogP contribution in [0.15, 0.2) is 47.1 Å². The lowest BCUT2D eigenvalue weighted by molar-refractivity contribution is 0.102. The van der Waals surface area contributed by atoms with E-state index in [9.17, 15) is 4.79 Å². The van der Waals surface area contributed by atoms with Gasteiger partial charge in [0.05, 0.1) is 17.6 Å². The molecule has 1 amide bonds. The van der Waals surface area contributed by atoms with Gasteiger partial charge in [-0.05, 0) is 47.2 Å². The van der Waals surface area contributed by atoms with Crippen LogP contribution in [0.2, 0.25) is 0 Å². The Hall–Kier alpha value is -1.92. The number of benzene rings is 1. The first kappa shape index (κ1) is 16.0. The molecule has 0 unspecified atom stereocenters. The zero-order valence-electron chi connectivity index (χ0n) is 13.0. The van der Waals surface area contributed by atoms with Gasteiger partial charge in [-0.2, -0.15) is 0 Å². The molecule has 0 atom stereocenters. The van der Waals surface area contributed by atoms with Gasteiger partial charge in [0.2, 0.25) is 0 Å². The number of anilines is 2. The van der Waals surface area contributed by atoms with Crippen molar-refractivity contribution in [1.82, 2.24) is 9.88 Å². The predicted octanol–water partition coefficient (Wildman–Crippen LogP) is 2.85. The molecule has 0 saturated carbocycles. The van der Waals surface area contributed by atoms with E-state index in [0.717, 1.165) is 42.0 Å². The number of nitrogens with one attached hydrogen (secondary N) is 1. The number of pyridine rings is 1. The van der Waals surface area contributed by atoms with E-state index in [-0.39, 0.29) is 5.91 Å². The molecule has 23 heavy (non-hydrogen) atoms. The monoisotopic (exact) mass is 374 g/mol. The van der Waals surface area contributed by atoms with Gasteiger partial charge in [0, 0.05) is 30.7 Å². The molecule has 0 bridgehead atoms. The third-order valence-electron chi connectivity index (χ3n) is 3.97. The van der Waals surface area contributed by atoms with Crippen molar-refractivity contribution >= 4 is 33.2 Å². The lowest BCUT2D eigenvalue weighted by Crippen LogP contribution is -2.44. The SMILES string of the molecule is CN1CCN(c2ccc(C(=O)Nc3ccccc3Br)nc2)CC1. The fourth-order valence-corrected chi connectivity index (χ4v) is 2.90. The van der Waals surface area contributed by atoms with Crippen molar-refractivity contribution < 1.29 is 4.79 Å². The van der Waals surface area contributed by atoms with Crippen molar-refractivity contribution in [3.8, 4) is 0 Å². The van der Waals surface area contributed by atoms with E-state index in [1.807, 2.05) is 30.3 Å². The van der Waals surface area contributed by atoms with Crippen molar-refractivity contribution in [1.29, 1.82) is 0 Å². The van der Waals surface area contributed by atoms with E-state index >= 15 is 0 Å². The van der Waals surface area contributed by atoms with E-state index < -0.39 is 0 Å². The number of amides is 1. The molecule has 0 spiro atoms. The van der Waals surface area contributed by atoms with E-state index in [1.165, 1.54) is 0 Å². The summed E-state index contributed by atoms with van der Waals surface area (Å²) < 4.78 is 0.849. The third kappa shape index (κ3) is 3.89. The summed E-state index contributed by atoms with van der Waals surface area (Å²) in [4.78, 5) is 21.2. The maximum atomic E-state index is 12.3. The number of carbonyl (C=O) groups excluding carboxylic acids is 1. The second-order valence-corrected chi connectivity index (χ2v) is 6.48. The molecule has 5 nitrogen and oxygen atoms in total. The summed E-state index contributed by atoms with van der Waals surface area (Å²) in [7, 11) is 2.13. The summed E-state index contributed by atoms with van der Waals surface area (Å²) in [6.45, 7) is 4.07. The van der Waals surface area contributed by atoms with Crippen molar-refractivity contribution in [3.05, 3.63) is 52.8 Å². The number of para-hydroxylation sites is 1. The van der Waals surface area contributed by atoms with Gasteiger partial charge in [0.25, 0.3) is 5.91 Å². The lowest BCUT2D eigenvalue weighted by atomic mass is 10.2. The van der Waals surface area contributed by atoms with Crippen molar-refractivity contribution in [2.24, 2.45) is 0 Å². The van der Waals surface area contributed by atoms with Gasteiger partial charge >= 0.3 is 0 Å². The first-order valence-corrected chi connectivity index (χ1v) is 8.38. The van der Waals surface area contributed by atoms with Crippen LogP contribution in [0.4, 0.5) is 11.4 Å². The maximum absolute atomic E-state index is 12.3. The van der Waals surface area contributed by atoms with Crippen LogP contribution in [0.25, 0.3) is 0 Å². The Kier molecular flexibility index (Phi) is 4.93. The Labute approximate surface area is 144 Å². The van der Waals surface area contributed by atoms with Gasteiger partial charge in [-0.15, -0.1) is 0 Å². The first-order valence-electron chi connectivity index (χ1n) is 7.59. The molecule has 1 N–H and O–H groups in total. The highest BCUT2D eigenvalue weighted by molar-refractivity contribution is 9.10. The Bertz CT molecular complexity index is 681. The van der Waals surface area contributed by atoms with Crippen LogP contribution in [0.3, 0.4) is 0 Å². The van der Waals surface area contributed by atoms with Crippen molar-refractivity contribution in [2.75, 3.05) is 43.4 Å². The lowest BCUT2D eigenvalue weighted by Gasteiger charge is -2.33. The van der Waals surface area contributed by atoms with E-state index in [0.29, 0.717) is 5.69 Å². The number of rotatable bonds is 3. The van der Waals surface area contributed by atoms with Crippen LogP contribution >= 0.6 is 15.9 Å². The van der Waals surface area contributed by atoms with E-state index in [4.69, 9.17) is 0 Å². The number of halogens is 1. The topological polar surface area (TPSA) is 48.5 Å². The molecule has 0 radical (unpaired) electrons. The largest absolute Gasteiger partial charge is 0.368 e. The Morgan fingerprint density at radius 3 is 2.52 bits per heavy atom. The third-order valence-corrected chi connectivity index (χ3v) is 4.66. The molecule has 120 valence electrons. The molecule has 2 heterocycles. The smallest absolute Gasteiger partial charge is 0.274 e. The Morgan fingerprint density at radius 1 is 1.13 bits per heavy atom. The van der Waals surface area contributed by atoms with Crippen LogP contribution in [-0.4, -0.2) is 49.0 Å². The molecule has 0 aliphatic carbocycles. The molecule has 3 rings (SSSR count). The van der Waals surface area contributed by atoms with Crippen LogP contribution in [-0.2, 0) is 0 Å². The second kappa shape index (κ2) is 7.10. The molecule has 2 aromatic rings. The molecule has 1 fully saturated rings. The summed E-state index contributed by atoms with van der Waals surface area (Å²) in [5.74, 6) is -0.207. The quantitative estimate of drug-likeness (QED) is 0.897. The van der Waals surface area contributed by atoms with Crippen molar-refractivity contribution in [2.45, 2.75) is 0 Å². The number of likely N-dealkylation sites (N-methyl/N-ethyl adjacent to an activating group) is 1. The predicted molar refractivity (Wildman–Crippen MR) is 96.0 cm³/mol. The number of hydrogen-bond acceptors (Lipinski definition) is 4. The average molecular weight is 375 g/mol. The normalized spacial score (nSPS) is 15.5. The Morgan fingerprint density at radius 2 is 1.87 bits per heavy atom. The highest BCUT2D eigenvalue weighted by Gasteiger charge is 2.15. The van der Waals surface area contributed by atoms with Gasteiger partial charge in [-0.3, -0.25) is 4.79 Å². The Balaban J connectivity index is 1.67. The molecular weight excluding hydrogens is 356 g/mol. The highest BCUT2D eigenvalue weighted by atomic mass is 79.9. The summed E-state index contributed by atoms with van der Waals surface area (Å²) in [6, 6.07) is 11.3. The molecule has 1 saturated heterocycles. The van der Waals surface area contributed by atoms with E-state index in [2.05, 4.69) is 43.1 Å². The number of aromatic nitrogens is 1. The number of carbonyl (C=O) groups is 1. The molecular formula is C17H19BrN4O. The maximum Gasteiger partial charge on any atom is 0.274 e. The summed E-state index contributed by atoms with van der Waals surface area (Å²) in [6.07, 6.45) is 1.78. The zero-order valence-corrected chi connectivity index (χ0v) is 14.6. The van der Waals surface area contributed by atoms with Gasteiger partial charge < -0.3 is 15.1 Å². The van der Waals surface area contributed by atoms with Gasteiger partial charge in [-0.1, -0.05) is 12.1 Å². The minimum atomic E-state index is -0.207. The van der Waals surface area contributed by atoms with Crippen LogP contribution in [0, 0.1) is 0 Å². The number of nitrogens with zero attached hydrogens (tertiary/aromatic N) is 3. The molecule has 1 aliphatic heterocycles. The molecule has 1 aromatic heterocycles. The zero-order chi connectivity index (χ0) is 16.2. The molecule has 1 aromatic carbocycles. The van der Waals surface area contributed by atoms with Crippen LogP contribution < -0.4 is 10.2 Å². The van der Waals surface area contributed by atoms with Crippen molar-refractivity contribution in [3.63, 3.8) is 0 Å². The van der Waals surface area contributed by atoms with Crippen LogP contribution in [0.5, 0.6) is 0 Å².